The Morgan fingerprint density at radius 2 is 1.90 bits per heavy atom. The normalized spacial score (nSPS) is 17.6. The number of amides is 1. The van der Waals surface area contributed by atoms with Gasteiger partial charge in [0.1, 0.15) is 0 Å². The maximum atomic E-state index is 11.7. The van der Waals surface area contributed by atoms with E-state index in [1.807, 2.05) is 14.1 Å². The van der Waals surface area contributed by atoms with Crippen LogP contribution >= 0.6 is 0 Å². The fourth-order valence-corrected chi connectivity index (χ4v) is 2.61. The standard InChI is InChI=1S/C16H33N3O/c1-14(2)7-5-6-10-17-15-8-11-19(12-9-15)13-16(20)18(3)4/h14-15,17H,5-13H2,1-4H3. The van der Waals surface area contributed by atoms with E-state index in [-0.39, 0.29) is 5.91 Å². The Hall–Kier alpha value is -0.610. The number of piperidine rings is 1. The second-order valence-corrected chi connectivity index (χ2v) is 6.68. The molecule has 0 aromatic carbocycles. The van der Waals surface area contributed by atoms with E-state index in [1.54, 1.807) is 4.90 Å². The highest BCUT2D eigenvalue weighted by atomic mass is 16.2. The first-order valence-corrected chi connectivity index (χ1v) is 8.15. The molecular weight excluding hydrogens is 250 g/mol. The highest BCUT2D eigenvalue weighted by molar-refractivity contribution is 5.77. The zero-order valence-electron chi connectivity index (χ0n) is 13.8. The number of nitrogens with zero attached hydrogens (tertiary/aromatic N) is 2. The maximum Gasteiger partial charge on any atom is 0.236 e. The van der Waals surface area contributed by atoms with Crippen LogP contribution in [0.4, 0.5) is 0 Å². The lowest BCUT2D eigenvalue weighted by atomic mass is 10.0. The minimum atomic E-state index is 0.213. The zero-order chi connectivity index (χ0) is 15.0. The Kier molecular flexibility index (Phi) is 8.15. The molecule has 1 saturated heterocycles. The molecule has 0 saturated carbocycles. The monoisotopic (exact) mass is 283 g/mol. The van der Waals surface area contributed by atoms with Gasteiger partial charge in [-0.1, -0.05) is 26.7 Å². The number of hydrogen-bond acceptors (Lipinski definition) is 3. The van der Waals surface area contributed by atoms with Gasteiger partial charge in [-0.25, -0.2) is 0 Å². The fraction of sp³-hybridized carbons (Fsp3) is 0.938. The molecule has 1 amide bonds. The smallest absolute Gasteiger partial charge is 0.236 e. The number of likely N-dealkylation sites (N-methyl/N-ethyl adjacent to an activating group) is 1. The van der Waals surface area contributed by atoms with Crippen LogP contribution in [0, 0.1) is 5.92 Å². The summed E-state index contributed by atoms with van der Waals surface area (Å²) >= 11 is 0. The lowest BCUT2D eigenvalue weighted by molar-refractivity contribution is -0.130. The number of likely N-dealkylation sites (tertiary alicyclic amines) is 1. The van der Waals surface area contributed by atoms with Gasteiger partial charge < -0.3 is 10.2 Å². The number of carbonyl (C=O) groups is 1. The first-order valence-electron chi connectivity index (χ1n) is 8.15. The van der Waals surface area contributed by atoms with Gasteiger partial charge in [-0.05, 0) is 31.7 Å². The van der Waals surface area contributed by atoms with E-state index in [1.165, 1.54) is 32.1 Å². The highest BCUT2D eigenvalue weighted by Gasteiger charge is 2.20. The summed E-state index contributed by atoms with van der Waals surface area (Å²) in [5.41, 5.74) is 0. The van der Waals surface area contributed by atoms with Gasteiger partial charge in [0.15, 0.2) is 0 Å². The Labute approximate surface area is 124 Å². The fourth-order valence-electron chi connectivity index (χ4n) is 2.61. The van der Waals surface area contributed by atoms with Crippen molar-refractivity contribution in [2.24, 2.45) is 5.92 Å². The molecule has 4 nitrogen and oxygen atoms in total. The van der Waals surface area contributed by atoms with Crippen molar-refractivity contribution in [3.8, 4) is 0 Å². The SMILES string of the molecule is CC(C)CCCCNC1CCN(CC(=O)N(C)C)CC1. The van der Waals surface area contributed by atoms with Crippen molar-refractivity contribution in [1.29, 1.82) is 0 Å². The number of unbranched alkanes of at least 4 members (excludes halogenated alkanes) is 1. The summed E-state index contributed by atoms with van der Waals surface area (Å²) in [4.78, 5) is 15.6. The summed E-state index contributed by atoms with van der Waals surface area (Å²) in [6.07, 6.45) is 6.31. The van der Waals surface area contributed by atoms with Gasteiger partial charge in [-0.15, -0.1) is 0 Å². The molecule has 0 unspecified atom stereocenters. The molecule has 20 heavy (non-hydrogen) atoms. The molecular formula is C16H33N3O. The van der Waals surface area contributed by atoms with Gasteiger partial charge in [0, 0.05) is 33.2 Å². The van der Waals surface area contributed by atoms with E-state index in [9.17, 15) is 4.79 Å². The third-order valence-corrected chi connectivity index (χ3v) is 4.09. The van der Waals surface area contributed by atoms with Crippen molar-refractivity contribution in [2.45, 2.75) is 52.0 Å². The molecule has 0 aromatic rings. The Balaban J connectivity index is 2.06. The second kappa shape index (κ2) is 9.35. The predicted molar refractivity (Wildman–Crippen MR) is 84.8 cm³/mol. The number of rotatable bonds is 8. The van der Waals surface area contributed by atoms with E-state index >= 15 is 0 Å². The van der Waals surface area contributed by atoms with Crippen LogP contribution in [0.25, 0.3) is 0 Å². The number of nitrogens with one attached hydrogen (secondary N) is 1. The Morgan fingerprint density at radius 3 is 2.45 bits per heavy atom. The van der Waals surface area contributed by atoms with Crippen LogP contribution in [0.2, 0.25) is 0 Å². The molecule has 1 N–H and O–H groups in total. The van der Waals surface area contributed by atoms with Gasteiger partial charge in [0.05, 0.1) is 6.54 Å². The first kappa shape index (κ1) is 17.4. The van der Waals surface area contributed by atoms with Crippen LogP contribution in [-0.2, 0) is 4.79 Å². The minimum absolute atomic E-state index is 0.213. The average molecular weight is 283 g/mol. The summed E-state index contributed by atoms with van der Waals surface area (Å²) in [6, 6.07) is 0.653. The number of hydrogen-bond donors (Lipinski definition) is 1. The van der Waals surface area contributed by atoms with Crippen LogP contribution < -0.4 is 5.32 Å². The highest BCUT2D eigenvalue weighted by Crippen LogP contribution is 2.11. The predicted octanol–water partition coefficient (Wildman–Crippen LogP) is 1.95. The largest absolute Gasteiger partial charge is 0.348 e. The molecule has 0 aromatic heterocycles. The van der Waals surface area contributed by atoms with Crippen LogP contribution in [0.5, 0.6) is 0 Å². The van der Waals surface area contributed by atoms with E-state index in [2.05, 4.69) is 24.1 Å². The van der Waals surface area contributed by atoms with Gasteiger partial charge in [0.2, 0.25) is 5.91 Å². The van der Waals surface area contributed by atoms with Gasteiger partial charge in [0.25, 0.3) is 0 Å². The van der Waals surface area contributed by atoms with E-state index in [0.29, 0.717) is 12.6 Å². The molecule has 1 fully saturated rings. The van der Waals surface area contributed by atoms with Crippen molar-refractivity contribution >= 4 is 5.91 Å². The zero-order valence-corrected chi connectivity index (χ0v) is 13.8. The van der Waals surface area contributed by atoms with Gasteiger partial charge in [-0.3, -0.25) is 9.69 Å². The van der Waals surface area contributed by atoms with Crippen molar-refractivity contribution < 1.29 is 4.79 Å². The summed E-state index contributed by atoms with van der Waals surface area (Å²) in [6.45, 7) is 8.39. The molecule has 0 radical (unpaired) electrons. The average Bonchev–Trinajstić information content (AvgIpc) is 2.39. The van der Waals surface area contributed by atoms with Crippen molar-refractivity contribution in [2.75, 3.05) is 40.3 Å². The molecule has 118 valence electrons. The Bertz CT molecular complexity index is 271. The maximum absolute atomic E-state index is 11.7. The first-order chi connectivity index (χ1) is 9.49. The van der Waals surface area contributed by atoms with Crippen molar-refractivity contribution in [3.63, 3.8) is 0 Å². The van der Waals surface area contributed by atoms with Gasteiger partial charge in [-0.2, -0.15) is 0 Å². The molecule has 0 aliphatic carbocycles. The molecule has 0 atom stereocenters. The third kappa shape index (κ3) is 7.25. The van der Waals surface area contributed by atoms with Crippen LogP contribution in [-0.4, -0.2) is 62.0 Å². The van der Waals surface area contributed by atoms with E-state index in [0.717, 1.165) is 25.6 Å². The summed E-state index contributed by atoms with van der Waals surface area (Å²) in [5, 5.41) is 3.67. The van der Waals surface area contributed by atoms with Crippen molar-refractivity contribution in [1.82, 2.24) is 15.1 Å². The van der Waals surface area contributed by atoms with Crippen LogP contribution in [0.15, 0.2) is 0 Å². The molecule has 1 aliphatic heterocycles. The summed E-state index contributed by atoms with van der Waals surface area (Å²) in [7, 11) is 3.65. The quantitative estimate of drug-likeness (QED) is 0.692. The summed E-state index contributed by atoms with van der Waals surface area (Å²) < 4.78 is 0. The molecule has 1 rings (SSSR count). The second-order valence-electron chi connectivity index (χ2n) is 6.68. The molecule has 0 spiro atoms. The van der Waals surface area contributed by atoms with Gasteiger partial charge >= 0.3 is 0 Å². The topological polar surface area (TPSA) is 35.6 Å². The molecule has 4 heteroatoms. The number of carbonyl (C=O) groups excluding carboxylic acids is 1. The summed E-state index contributed by atoms with van der Waals surface area (Å²) in [5.74, 6) is 1.04. The van der Waals surface area contributed by atoms with Crippen LogP contribution in [0.3, 0.4) is 0 Å². The third-order valence-electron chi connectivity index (χ3n) is 4.09. The van der Waals surface area contributed by atoms with Crippen molar-refractivity contribution in [3.05, 3.63) is 0 Å². The minimum Gasteiger partial charge on any atom is -0.348 e. The lowest BCUT2D eigenvalue weighted by Gasteiger charge is -2.32. The van der Waals surface area contributed by atoms with E-state index in [4.69, 9.17) is 0 Å². The molecule has 1 heterocycles. The van der Waals surface area contributed by atoms with E-state index < -0.39 is 0 Å². The molecule has 1 aliphatic rings. The lowest BCUT2D eigenvalue weighted by Crippen LogP contribution is -2.46. The van der Waals surface area contributed by atoms with Crippen LogP contribution in [0.1, 0.15) is 46.0 Å². The Morgan fingerprint density at radius 1 is 1.25 bits per heavy atom. The molecule has 0 bridgehead atoms.